The van der Waals surface area contributed by atoms with Crippen LogP contribution in [0, 0.1) is 0 Å². The lowest BCUT2D eigenvalue weighted by molar-refractivity contribution is 0.112. The van der Waals surface area contributed by atoms with Gasteiger partial charge in [0.2, 0.25) is 0 Å². The first-order valence-corrected chi connectivity index (χ1v) is 4.84. The highest BCUT2D eigenvalue weighted by Crippen LogP contribution is 2.23. The molecule has 2 nitrogen and oxygen atoms in total. The van der Waals surface area contributed by atoms with Crippen LogP contribution in [0.25, 0.3) is 11.1 Å². The van der Waals surface area contributed by atoms with Gasteiger partial charge in [-0.05, 0) is 35.4 Å². The second-order valence-electron chi connectivity index (χ2n) is 3.09. The Hall–Kier alpha value is -1.67. The van der Waals surface area contributed by atoms with Crippen molar-refractivity contribution in [1.82, 2.24) is 4.98 Å². The van der Waals surface area contributed by atoms with E-state index in [-0.39, 0.29) is 0 Å². The molecule has 0 aliphatic heterocycles. The van der Waals surface area contributed by atoms with E-state index >= 15 is 0 Å². The van der Waals surface area contributed by atoms with Gasteiger partial charge in [-0.1, -0.05) is 17.7 Å². The van der Waals surface area contributed by atoms with E-state index in [9.17, 15) is 4.79 Å². The zero-order valence-electron chi connectivity index (χ0n) is 7.85. The zero-order chi connectivity index (χ0) is 10.7. The molecule has 0 unspecified atom stereocenters. The number of benzene rings is 1. The maximum absolute atomic E-state index is 10.7. The van der Waals surface area contributed by atoms with E-state index in [2.05, 4.69) is 4.98 Å². The molecule has 2 rings (SSSR count). The molecule has 0 aliphatic carbocycles. The van der Waals surface area contributed by atoms with Crippen molar-refractivity contribution in [3.05, 3.63) is 53.3 Å². The number of halogens is 1. The molecule has 0 N–H and O–H groups in total. The molecule has 0 radical (unpaired) electrons. The second-order valence-corrected chi connectivity index (χ2v) is 3.50. The zero-order valence-corrected chi connectivity index (χ0v) is 8.61. The van der Waals surface area contributed by atoms with Crippen LogP contribution in [-0.4, -0.2) is 11.3 Å². The molecule has 3 heteroatoms. The molecule has 0 saturated carbocycles. The van der Waals surface area contributed by atoms with Gasteiger partial charge in [0.15, 0.2) is 6.29 Å². The van der Waals surface area contributed by atoms with Gasteiger partial charge in [0.05, 0.1) is 5.02 Å². The van der Waals surface area contributed by atoms with Crippen LogP contribution in [0.5, 0.6) is 0 Å². The van der Waals surface area contributed by atoms with Crippen molar-refractivity contribution < 1.29 is 4.79 Å². The van der Waals surface area contributed by atoms with Crippen LogP contribution in [0.2, 0.25) is 5.02 Å². The maximum atomic E-state index is 10.7. The van der Waals surface area contributed by atoms with E-state index in [1.807, 2.05) is 18.2 Å². The molecule has 2 aromatic rings. The predicted octanol–water partition coefficient (Wildman–Crippen LogP) is 3.21. The quantitative estimate of drug-likeness (QED) is 0.723. The van der Waals surface area contributed by atoms with Crippen LogP contribution < -0.4 is 0 Å². The number of nitrogens with zero attached hydrogens (tertiary/aromatic N) is 1. The first kappa shape index (κ1) is 9.87. The molecule has 1 aromatic heterocycles. The average molecular weight is 218 g/mol. The fourth-order valence-corrected chi connectivity index (χ4v) is 1.52. The Morgan fingerprint density at radius 2 is 1.80 bits per heavy atom. The number of pyridine rings is 1. The minimum atomic E-state index is 0.475. The number of hydrogen-bond donors (Lipinski definition) is 0. The molecule has 0 amide bonds. The summed E-state index contributed by atoms with van der Waals surface area (Å²) in [7, 11) is 0. The monoisotopic (exact) mass is 217 g/mol. The fourth-order valence-electron chi connectivity index (χ4n) is 1.36. The lowest BCUT2D eigenvalue weighted by Crippen LogP contribution is -1.84. The highest BCUT2D eigenvalue weighted by molar-refractivity contribution is 6.33. The van der Waals surface area contributed by atoms with Gasteiger partial charge in [0.1, 0.15) is 0 Å². The Kier molecular flexibility index (Phi) is 2.79. The van der Waals surface area contributed by atoms with Crippen LogP contribution in [0.4, 0.5) is 0 Å². The standard InChI is InChI=1S/C12H8ClNO/c13-12-2-1-10(7-11(12)8-15)9-3-5-14-6-4-9/h1-8H. The summed E-state index contributed by atoms with van der Waals surface area (Å²) >= 11 is 5.84. The van der Waals surface area contributed by atoms with Crippen LogP contribution in [0.3, 0.4) is 0 Å². The van der Waals surface area contributed by atoms with Crippen molar-refractivity contribution in [3.63, 3.8) is 0 Å². The van der Waals surface area contributed by atoms with Crippen molar-refractivity contribution in [2.24, 2.45) is 0 Å². The van der Waals surface area contributed by atoms with Crippen molar-refractivity contribution in [3.8, 4) is 11.1 Å². The first-order valence-electron chi connectivity index (χ1n) is 4.46. The highest BCUT2D eigenvalue weighted by Gasteiger charge is 2.02. The molecule has 0 saturated heterocycles. The molecule has 15 heavy (non-hydrogen) atoms. The summed E-state index contributed by atoms with van der Waals surface area (Å²) in [5.41, 5.74) is 2.49. The van der Waals surface area contributed by atoms with Crippen LogP contribution in [0.15, 0.2) is 42.7 Å². The van der Waals surface area contributed by atoms with E-state index in [1.165, 1.54) is 0 Å². The predicted molar refractivity (Wildman–Crippen MR) is 60.1 cm³/mol. The fraction of sp³-hybridized carbons (Fsp3) is 0. The van der Waals surface area contributed by atoms with Crippen LogP contribution in [0.1, 0.15) is 10.4 Å². The number of aromatic nitrogens is 1. The van der Waals surface area contributed by atoms with Gasteiger partial charge in [-0.25, -0.2) is 0 Å². The normalized spacial score (nSPS) is 9.93. The minimum Gasteiger partial charge on any atom is -0.298 e. The third-order valence-corrected chi connectivity index (χ3v) is 2.48. The number of aldehydes is 1. The van der Waals surface area contributed by atoms with E-state index in [0.717, 1.165) is 17.4 Å². The summed E-state index contributed by atoms with van der Waals surface area (Å²) in [6.45, 7) is 0. The van der Waals surface area contributed by atoms with Gasteiger partial charge in [-0.3, -0.25) is 9.78 Å². The Morgan fingerprint density at radius 3 is 2.47 bits per heavy atom. The molecular weight excluding hydrogens is 210 g/mol. The largest absolute Gasteiger partial charge is 0.298 e. The average Bonchev–Trinajstić information content (AvgIpc) is 2.31. The van der Waals surface area contributed by atoms with Gasteiger partial charge in [-0.15, -0.1) is 0 Å². The number of carbonyl (C=O) groups excluding carboxylic acids is 1. The van der Waals surface area contributed by atoms with E-state index in [0.29, 0.717) is 10.6 Å². The Labute approximate surface area is 92.5 Å². The lowest BCUT2D eigenvalue weighted by atomic mass is 10.0. The van der Waals surface area contributed by atoms with Crippen molar-refractivity contribution in [2.45, 2.75) is 0 Å². The van der Waals surface area contributed by atoms with E-state index in [4.69, 9.17) is 11.6 Å². The molecule has 0 atom stereocenters. The minimum absolute atomic E-state index is 0.475. The number of rotatable bonds is 2. The van der Waals surface area contributed by atoms with E-state index < -0.39 is 0 Å². The molecular formula is C12H8ClNO. The summed E-state index contributed by atoms with van der Waals surface area (Å²) < 4.78 is 0. The molecule has 1 heterocycles. The second kappa shape index (κ2) is 4.24. The third kappa shape index (κ3) is 2.05. The molecule has 1 aromatic carbocycles. The summed E-state index contributed by atoms with van der Waals surface area (Å²) in [4.78, 5) is 14.6. The molecule has 0 fully saturated rings. The number of hydrogen-bond acceptors (Lipinski definition) is 2. The van der Waals surface area contributed by atoms with Gasteiger partial charge < -0.3 is 0 Å². The smallest absolute Gasteiger partial charge is 0.151 e. The molecule has 0 bridgehead atoms. The highest BCUT2D eigenvalue weighted by atomic mass is 35.5. The first-order chi connectivity index (χ1) is 7.31. The summed E-state index contributed by atoms with van der Waals surface area (Å²) in [5, 5.41) is 0.475. The van der Waals surface area contributed by atoms with Gasteiger partial charge in [0, 0.05) is 18.0 Å². The number of carbonyl (C=O) groups is 1. The maximum Gasteiger partial charge on any atom is 0.151 e. The third-order valence-electron chi connectivity index (χ3n) is 2.14. The topological polar surface area (TPSA) is 30.0 Å². The summed E-state index contributed by atoms with van der Waals surface area (Å²) in [5.74, 6) is 0. The van der Waals surface area contributed by atoms with E-state index in [1.54, 1.807) is 24.5 Å². The van der Waals surface area contributed by atoms with Gasteiger partial charge in [0.25, 0.3) is 0 Å². The molecule has 0 spiro atoms. The molecule has 0 aliphatic rings. The Bertz CT molecular complexity index is 482. The van der Waals surface area contributed by atoms with Gasteiger partial charge >= 0.3 is 0 Å². The van der Waals surface area contributed by atoms with Crippen molar-refractivity contribution in [2.75, 3.05) is 0 Å². The van der Waals surface area contributed by atoms with Crippen LogP contribution >= 0.6 is 11.6 Å². The van der Waals surface area contributed by atoms with Gasteiger partial charge in [-0.2, -0.15) is 0 Å². The Balaban J connectivity index is 2.51. The SMILES string of the molecule is O=Cc1cc(-c2ccncc2)ccc1Cl. The Morgan fingerprint density at radius 1 is 1.07 bits per heavy atom. The summed E-state index contributed by atoms with van der Waals surface area (Å²) in [6, 6.07) is 9.14. The lowest BCUT2D eigenvalue weighted by Gasteiger charge is -2.02. The summed E-state index contributed by atoms with van der Waals surface area (Å²) in [6.07, 6.45) is 4.18. The van der Waals surface area contributed by atoms with Crippen molar-refractivity contribution >= 4 is 17.9 Å². The van der Waals surface area contributed by atoms with Crippen molar-refractivity contribution in [1.29, 1.82) is 0 Å². The molecule has 74 valence electrons. The van der Waals surface area contributed by atoms with Crippen LogP contribution in [-0.2, 0) is 0 Å².